The largest absolute Gasteiger partial charge is 0.573 e. The molecule has 0 aliphatic rings. The number of hydrogen-bond acceptors (Lipinski definition) is 3. The number of rotatable bonds is 2. The predicted molar refractivity (Wildman–Crippen MR) is 43.5 cm³/mol. The third kappa shape index (κ3) is 2.88. The van der Waals surface area contributed by atoms with Gasteiger partial charge in [0.05, 0.1) is 5.69 Å². The highest BCUT2D eigenvalue weighted by Crippen LogP contribution is 2.25. The summed E-state index contributed by atoms with van der Waals surface area (Å²) < 4.78 is 39.3. The van der Waals surface area contributed by atoms with E-state index in [-0.39, 0.29) is 18.0 Å². The molecule has 0 saturated carbocycles. The van der Waals surface area contributed by atoms with Crippen molar-refractivity contribution in [3.63, 3.8) is 0 Å². The van der Waals surface area contributed by atoms with Gasteiger partial charge in [-0.15, -0.1) is 13.2 Å². The Hall–Kier alpha value is -1.30. The van der Waals surface area contributed by atoms with Gasteiger partial charge in [0.2, 0.25) is 0 Å². The first-order chi connectivity index (χ1) is 6.42. The summed E-state index contributed by atoms with van der Waals surface area (Å²) in [6.45, 7) is 1.57. The van der Waals surface area contributed by atoms with E-state index in [0.29, 0.717) is 5.69 Å². The highest BCUT2D eigenvalue weighted by Gasteiger charge is 2.32. The Labute approximate surface area is 78.7 Å². The lowest BCUT2D eigenvalue weighted by molar-refractivity contribution is -0.275. The topological polar surface area (TPSA) is 48.1 Å². The van der Waals surface area contributed by atoms with Crippen molar-refractivity contribution >= 4 is 0 Å². The van der Waals surface area contributed by atoms with Crippen LogP contribution in [0.5, 0.6) is 5.75 Å². The molecule has 3 nitrogen and oxygen atoms in total. The van der Waals surface area contributed by atoms with Crippen LogP contribution in [-0.2, 0) is 6.54 Å². The summed E-state index contributed by atoms with van der Waals surface area (Å²) in [5.41, 5.74) is 5.93. The summed E-state index contributed by atoms with van der Waals surface area (Å²) in [5, 5.41) is 0. The zero-order chi connectivity index (χ0) is 10.8. The van der Waals surface area contributed by atoms with Crippen LogP contribution in [0.2, 0.25) is 0 Å². The lowest BCUT2D eigenvalue weighted by Crippen LogP contribution is -2.19. The van der Waals surface area contributed by atoms with Gasteiger partial charge in [0, 0.05) is 12.2 Å². The second-order valence-electron chi connectivity index (χ2n) is 2.65. The van der Waals surface area contributed by atoms with E-state index in [4.69, 9.17) is 5.73 Å². The normalized spacial score (nSPS) is 11.5. The molecule has 6 heteroatoms. The fourth-order valence-electron chi connectivity index (χ4n) is 0.962. The maximum absolute atomic E-state index is 11.9. The zero-order valence-electron chi connectivity index (χ0n) is 7.43. The molecule has 0 unspecified atom stereocenters. The predicted octanol–water partition coefficient (Wildman–Crippen LogP) is 1.75. The Bertz CT molecular complexity index is 325. The van der Waals surface area contributed by atoms with Crippen molar-refractivity contribution in [3.05, 3.63) is 23.5 Å². The summed E-state index contributed by atoms with van der Waals surface area (Å²) in [6.07, 6.45) is -4.71. The molecule has 0 radical (unpaired) electrons. The number of halogens is 3. The Kier molecular flexibility index (Phi) is 2.95. The van der Waals surface area contributed by atoms with Crippen LogP contribution in [0.3, 0.4) is 0 Å². The van der Waals surface area contributed by atoms with Crippen LogP contribution < -0.4 is 10.5 Å². The minimum atomic E-state index is -4.71. The first kappa shape index (κ1) is 10.8. The third-order valence-electron chi connectivity index (χ3n) is 1.49. The van der Waals surface area contributed by atoms with Gasteiger partial charge in [-0.05, 0) is 19.1 Å². The molecular formula is C8H9F3N2O. The second kappa shape index (κ2) is 3.83. The van der Waals surface area contributed by atoms with Gasteiger partial charge in [0.15, 0.2) is 5.75 Å². The third-order valence-corrected chi connectivity index (χ3v) is 1.49. The van der Waals surface area contributed by atoms with E-state index in [1.807, 2.05) is 0 Å². The van der Waals surface area contributed by atoms with E-state index in [0.717, 1.165) is 0 Å². The number of aryl methyl sites for hydroxylation is 1. The van der Waals surface area contributed by atoms with Gasteiger partial charge in [-0.1, -0.05) is 0 Å². The number of nitrogens with zero attached hydrogens (tertiary/aromatic N) is 1. The fourth-order valence-corrected chi connectivity index (χ4v) is 0.962. The molecule has 1 aromatic rings. The van der Waals surface area contributed by atoms with E-state index in [1.165, 1.54) is 12.1 Å². The SMILES string of the molecule is Cc1ccc(OC(F)(F)F)c(CN)n1. The number of alkyl halides is 3. The minimum absolute atomic E-state index is 0.0902. The summed E-state index contributed by atoms with van der Waals surface area (Å²) >= 11 is 0. The van der Waals surface area contributed by atoms with Gasteiger partial charge >= 0.3 is 6.36 Å². The molecular weight excluding hydrogens is 197 g/mol. The van der Waals surface area contributed by atoms with E-state index < -0.39 is 6.36 Å². The molecule has 0 amide bonds. The molecule has 14 heavy (non-hydrogen) atoms. The average Bonchev–Trinajstić information content (AvgIpc) is 2.06. The lowest BCUT2D eigenvalue weighted by atomic mass is 10.3. The van der Waals surface area contributed by atoms with Crippen molar-refractivity contribution < 1.29 is 17.9 Å². The number of hydrogen-bond donors (Lipinski definition) is 1. The van der Waals surface area contributed by atoms with Crippen molar-refractivity contribution in [1.82, 2.24) is 4.98 Å². The molecule has 0 saturated heterocycles. The average molecular weight is 206 g/mol. The first-order valence-electron chi connectivity index (χ1n) is 3.84. The molecule has 1 rings (SSSR count). The van der Waals surface area contributed by atoms with Crippen LogP contribution in [0.4, 0.5) is 13.2 Å². The van der Waals surface area contributed by atoms with Crippen LogP contribution >= 0.6 is 0 Å². The number of ether oxygens (including phenoxy) is 1. The molecule has 1 heterocycles. The maximum atomic E-state index is 11.9. The maximum Gasteiger partial charge on any atom is 0.573 e. The van der Waals surface area contributed by atoms with Crippen LogP contribution in [0.15, 0.2) is 12.1 Å². The van der Waals surface area contributed by atoms with Gasteiger partial charge in [-0.25, -0.2) is 0 Å². The van der Waals surface area contributed by atoms with Gasteiger partial charge < -0.3 is 10.5 Å². The summed E-state index contributed by atoms with van der Waals surface area (Å²) in [5.74, 6) is -0.342. The Morgan fingerprint density at radius 1 is 1.43 bits per heavy atom. The molecule has 0 bridgehead atoms. The molecule has 1 aromatic heterocycles. The first-order valence-corrected chi connectivity index (χ1v) is 3.84. The van der Waals surface area contributed by atoms with Gasteiger partial charge in [0.1, 0.15) is 0 Å². The highest BCUT2D eigenvalue weighted by atomic mass is 19.4. The van der Waals surface area contributed by atoms with Crippen molar-refractivity contribution in [2.24, 2.45) is 5.73 Å². The summed E-state index contributed by atoms with van der Waals surface area (Å²) in [6, 6.07) is 2.64. The number of nitrogens with two attached hydrogens (primary N) is 1. The molecule has 78 valence electrons. The standard InChI is InChI=1S/C8H9F3N2O/c1-5-2-3-7(6(4-12)13-5)14-8(9,10)11/h2-3H,4,12H2,1H3. The Morgan fingerprint density at radius 3 is 2.57 bits per heavy atom. The number of pyridine rings is 1. The van der Waals surface area contributed by atoms with Crippen LogP contribution in [0, 0.1) is 6.92 Å². The van der Waals surface area contributed by atoms with E-state index in [2.05, 4.69) is 9.72 Å². The van der Waals surface area contributed by atoms with Gasteiger partial charge in [-0.3, -0.25) is 4.98 Å². The Balaban J connectivity index is 2.97. The summed E-state index contributed by atoms with van der Waals surface area (Å²) in [4.78, 5) is 3.83. The zero-order valence-corrected chi connectivity index (χ0v) is 7.43. The second-order valence-corrected chi connectivity index (χ2v) is 2.65. The van der Waals surface area contributed by atoms with Crippen LogP contribution in [0.1, 0.15) is 11.4 Å². The van der Waals surface area contributed by atoms with Gasteiger partial charge in [-0.2, -0.15) is 0 Å². The highest BCUT2D eigenvalue weighted by molar-refractivity contribution is 5.29. The van der Waals surface area contributed by atoms with E-state index >= 15 is 0 Å². The quantitative estimate of drug-likeness (QED) is 0.801. The van der Waals surface area contributed by atoms with Crippen molar-refractivity contribution in [2.75, 3.05) is 0 Å². The molecule has 0 aliphatic carbocycles. The van der Waals surface area contributed by atoms with E-state index in [9.17, 15) is 13.2 Å². The van der Waals surface area contributed by atoms with Crippen molar-refractivity contribution in [2.45, 2.75) is 19.8 Å². The molecule has 0 spiro atoms. The van der Waals surface area contributed by atoms with Gasteiger partial charge in [0.25, 0.3) is 0 Å². The lowest BCUT2D eigenvalue weighted by Gasteiger charge is -2.11. The molecule has 0 fully saturated rings. The minimum Gasteiger partial charge on any atom is -0.404 e. The van der Waals surface area contributed by atoms with Crippen molar-refractivity contribution in [1.29, 1.82) is 0 Å². The number of aromatic nitrogens is 1. The molecule has 0 aliphatic heterocycles. The van der Waals surface area contributed by atoms with Crippen LogP contribution in [0.25, 0.3) is 0 Å². The monoisotopic (exact) mass is 206 g/mol. The van der Waals surface area contributed by atoms with Crippen molar-refractivity contribution in [3.8, 4) is 5.75 Å². The molecule has 2 N–H and O–H groups in total. The Morgan fingerprint density at radius 2 is 2.07 bits per heavy atom. The van der Waals surface area contributed by atoms with Crippen LogP contribution in [-0.4, -0.2) is 11.3 Å². The molecule has 0 atom stereocenters. The summed E-state index contributed by atoms with van der Waals surface area (Å²) in [7, 11) is 0. The molecule has 0 aromatic carbocycles. The van der Waals surface area contributed by atoms with E-state index in [1.54, 1.807) is 6.92 Å². The fraction of sp³-hybridized carbons (Fsp3) is 0.375. The smallest absolute Gasteiger partial charge is 0.404 e.